The Kier molecular flexibility index (Phi) is 6.30. The van der Waals surface area contributed by atoms with Crippen LogP contribution in [0.3, 0.4) is 0 Å². The molecule has 0 aromatic carbocycles. The second kappa shape index (κ2) is 6.93. The summed E-state index contributed by atoms with van der Waals surface area (Å²) in [6, 6.07) is 0. The van der Waals surface area contributed by atoms with Crippen LogP contribution in [0.5, 0.6) is 0 Å². The van der Waals surface area contributed by atoms with Crippen LogP contribution in [0.1, 0.15) is 72.6 Å². The first-order valence-corrected chi connectivity index (χ1v) is 11.4. The molecular weight excluding hydrogens is 264 g/mol. The van der Waals surface area contributed by atoms with Crippen molar-refractivity contribution in [3.63, 3.8) is 0 Å². The van der Waals surface area contributed by atoms with Crippen LogP contribution >= 0.6 is 0 Å². The molecule has 0 radical (unpaired) electrons. The van der Waals surface area contributed by atoms with Gasteiger partial charge in [0.15, 0.2) is 8.32 Å². The number of hydrogen-bond donors (Lipinski definition) is 1. The van der Waals surface area contributed by atoms with Crippen LogP contribution in [0.4, 0.5) is 0 Å². The second-order valence-corrected chi connectivity index (χ2v) is 13.0. The van der Waals surface area contributed by atoms with Crippen LogP contribution in [-0.2, 0) is 4.43 Å². The molecule has 0 amide bonds. The van der Waals surface area contributed by atoms with E-state index in [1.807, 2.05) is 0 Å². The monoisotopic (exact) mass is 300 g/mol. The molecule has 0 heterocycles. The number of aliphatic hydroxyl groups excluding tert-OH is 1. The van der Waals surface area contributed by atoms with Crippen molar-refractivity contribution >= 4 is 8.32 Å². The summed E-state index contributed by atoms with van der Waals surface area (Å²) >= 11 is 0. The van der Waals surface area contributed by atoms with Crippen molar-refractivity contribution in [1.29, 1.82) is 0 Å². The first-order chi connectivity index (χ1) is 9.18. The fourth-order valence-corrected chi connectivity index (χ4v) is 4.59. The highest BCUT2D eigenvalue weighted by molar-refractivity contribution is 6.74. The zero-order valence-electron chi connectivity index (χ0n) is 14.6. The molecule has 0 aromatic heterocycles. The molecule has 1 unspecified atom stereocenters. The van der Waals surface area contributed by atoms with Crippen LogP contribution in [0.2, 0.25) is 18.1 Å². The molecule has 0 saturated heterocycles. The zero-order valence-corrected chi connectivity index (χ0v) is 15.6. The van der Waals surface area contributed by atoms with E-state index in [1.165, 1.54) is 32.1 Å². The molecule has 1 aliphatic carbocycles. The lowest BCUT2D eigenvalue weighted by Gasteiger charge is -2.52. The van der Waals surface area contributed by atoms with Crippen molar-refractivity contribution in [3.05, 3.63) is 0 Å². The van der Waals surface area contributed by atoms with Crippen LogP contribution < -0.4 is 0 Å². The van der Waals surface area contributed by atoms with Crippen molar-refractivity contribution in [1.82, 2.24) is 0 Å². The van der Waals surface area contributed by atoms with Gasteiger partial charge < -0.3 is 9.53 Å². The highest BCUT2D eigenvalue weighted by atomic mass is 28.4. The molecule has 0 aliphatic heterocycles. The minimum Gasteiger partial charge on any atom is -0.413 e. The highest BCUT2D eigenvalue weighted by Crippen LogP contribution is 2.52. The van der Waals surface area contributed by atoms with Gasteiger partial charge in [0.05, 0.1) is 6.10 Å². The van der Waals surface area contributed by atoms with Crippen molar-refractivity contribution in [3.8, 4) is 0 Å². The average molecular weight is 301 g/mol. The number of hydrogen-bond acceptors (Lipinski definition) is 2. The van der Waals surface area contributed by atoms with Gasteiger partial charge in [-0.3, -0.25) is 0 Å². The summed E-state index contributed by atoms with van der Waals surface area (Å²) in [4.78, 5) is 0. The van der Waals surface area contributed by atoms with Gasteiger partial charge in [-0.25, -0.2) is 0 Å². The highest BCUT2D eigenvalue weighted by Gasteiger charge is 2.48. The lowest BCUT2D eigenvalue weighted by molar-refractivity contribution is -0.0401. The smallest absolute Gasteiger partial charge is 0.192 e. The zero-order chi connectivity index (χ0) is 15.4. The molecule has 1 saturated carbocycles. The fraction of sp³-hybridized carbons (Fsp3) is 1.00. The van der Waals surface area contributed by atoms with Crippen LogP contribution in [0.25, 0.3) is 0 Å². The van der Waals surface area contributed by atoms with Gasteiger partial charge in [0, 0.05) is 6.61 Å². The van der Waals surface area contributed by atoms with E-state index in [1.54, 1.807) is 0 Å². The Bertz CT molecular complexity index is 290. The standard InChI is InChI=1S/C17H36O2Si/c1-7-11-17(12-9-13-17)15(10-8-14-18)19-20(5,6)16(2,3)4/h15,18H,7-14H2,1-6H3. The summed E-state index contributed by atoms with van der Waals surface area (Å²) in [6.07, 6.45) is 8.82. The number of aliphatic hydroxyl groups is 1. The van der Waals surface area contributed by atoms with E-state index in [9.17, 15) is 5.11 Å². The molecule has 3 heteroatoms. The largest absolute Gasteiger partial charge is 0.413 e. The quantitative estimate of drug-likeness (QED) is 0.630. The predicted octanol–water partition coefficient (Wildman–Crippen LogP) is 5.12. The second-order valence-electron chi connectivity index (χ2n) is 8.20. The topological polar surface area (TPSA) is 29.5 Å². The van der Waals surface area contributed by atoms with Gasteiger partial charge in [-0.05, 0) is 55.7 Å². The van der Waals surface area contributed by atoms with Crippen molar-refractivity contribution in [2.75, 3.05) is 6.61 Å². The normalized spacial score (nSPS) is 20.6. The summed E-state index contributed by atoms with van der Waals surface area (Å²) < 4.78 is 6.79. The fourth-order valence-electron chi connectivity index (χ4n) is 3.16. The summed E-state index contributed by atoms with van der Waals surface area (Å²) in [5.41, 5.74) is 0.416. The molecule has 1 fully saturated rings. The third-order valence-corrected chi connectivity index (χ3v) is 10.1. The third kappa shape index (κ3) is 4.08. The average Bonchev–Trinajstić information content (AvgIpc) is 2.27. The van der Waals surface area contributed by atoms with Gasteiger partial charge in [-0.2, -0.15) is 0 Å². The van der Waals surface area contributed by atoms with Gasteiger partial charge in [-0.1, -0.05) is 40.5 Å². The van der Waals surface area contributed by atoms with E-state index in [0.717, 1.165) is 12.8 Å². The van der Waals surface area contributed by atoms with Crippen LogP contribution in [0.15, 0.2) is 0 Å². The molecule has 1 atom stereocenters. The minimum atomic E-state index is -1.72. The lowest BCUT2D eigenvalue weighted by atomic mass is 9.62. The van der Waals surface area contributed by atoms with E-state index >= 15 is 0 Å². The van der Waals surface area contributed by atoms with Gasteiger partial charge in [0.25, 0.3) is 0 Å². The van der Waals surface area contributed by atoms with Crippen molar-refractivity contribution < 1.29 is 9.53 Å². The SMILES string of the molecule is CCCC1(C(CCCO)O[Si](C)(C)C(C)(C)C)CCC1. The Hall–Kier alpha value is 0.137. The Morgan fingerprint density at radius 3 is 2.20 bits per heavy atom. The Balaban J connectivity index is 2.84. The molecule has 0 aromatic rings. The van der Waals surface area contributed by atoms with Crippen LogP contribution in [0, 0.1) is 5.41 Å². The number of rotatable bonds is 8. The van der Waals surface area contributed by atoms with Gasteiger partial charge in [0.1, 0.15) is 0 Å². The molecule has 1 N–H and O–H groups in total. The molecule has 120 valence electrons. The summed E-state index contributed by atoms with van der Waals surface area (Å²) in [5.74, 6) is 0. The van der Waals surface area contributed by atoms with Gasteiger partial charge >= 0.3 is 0 Å². The van der Waals surface area contributed by atoms with Gasteiger partial charge in [0.2, 0.25) is 0 Å². The van der Waals surface area contributed by atoms with E-state index in [-0.39, 0.29) is 5.04 Å². The Morgan fingerprint density at radius 1 is 1.25 bits per heavy atom. The van der Waals surface area contributed by atoms with E-state index < -0.39 is 8.32 Å². The third-order valence-electron chi connectivity index (χ3n) is 5.65. The summed E-state index contributed by atoms with van der Waals surface area (Å²) in [6.45, 7) is 14.2. The van der Waals surface area contributed by atoms with Crippen molar-refractivity contribution in [2.45, 2.75) is 96.9 Å². The molecule has 0 bridgehead atoms. The first kappa shape index (κ1) is 18.2. The van der Waals surface area contributed by atoms with E-state index in [2.05, 4.69) is 40.8 Å². The predicted molar refractivity (Wildman–Crippen MR) is 89.6 cm³/mol. The molecule has 1 aliphatic rings. The maximum Gasteiger partial charge on any atom is 0.192 e. The van der Waals surface area contributed by atoms with E-state index in [0.29, 0.717) is 18.1 Å². The first-order valence-electron chi connectivity index (χ1n) is 8.47. The molecule has 2 nitrogen and oxygen atoms in total. The Labute approximate surface area is 127 Å². The van der Waals surface area contributed by atoms with Crippen molar-refractivity contribution in [2.24, 2.45) is 5.41 Å². The Morgan fingerprint density at radius 2 is 1.85 bits per heavy atom. The lowest BCUT2D eigenvalue weighted by Crippen LogP contribution is -2.51. The summed E-state index contributed by atoms with van der Waals surface area (Å²) in [5, 5.41) is 9.48. The summed E-state index contributed by atoms with van der Waals surface area (Å²) in [7, 11) is -1.72. The molecular formula is C17H36O2Si. The maximum absolute atomic E-state index is 9.22. The minimum absolute atomic E-state index is 0.265. The van der Waals surface area contributed by atoms with E-state index in [4.69, 9.17) is 4.43 Å². The molecule has 1 rings (SSSR count). The van der Waals surface area contributed by atoms with Gasteiger partial charge in [-0.15, -0.1) is 0 Å². The van der Waals surface area contributed by atoms with Crippen LogP contribution in [-0.4, -0.2) is 26.1 Å². The molecule has 0 spiro atoms. The molecule has 20 heavy (non-hydrogen) atoms. The maximum atomic E-state index is 9.22.